The first kappa shape index (κ1) is 13.0. The SMILES string of the molecule is N#CC(C=Nc1ccc(C(=O)O)cc1)c1ccsc1. The molecule has 1 aromatic heterocycles. The molecule has 0 saturated carbocycles. The number of carboxylic acid groups (broad SMARTS) is 1. The molecule has 0 saturated heterocycles. The fraction of sp³-hybridized carbons (Fsp3) is 0.0714. The number of aromatic carboxylic acids is 1. The molecule has 0 aliphatic heterocycles. The second-order valence-electron chi connectivity index (χ2n) is 3.79. The summed E-state index contributed by atoms with van der Waals surface area (Å²) in [6, 6.07) is 10.3. The van der Waals surface area contributed by atoms with Gasteiger partial charge in [0.2, 0.25) is 0 Å². The Bertz CT molecular complexity index is 624. The van der Waals surface area contributed by atoms with E-state index in [0.717, 1.165) is 5.56 Å². The lowest BCUT2D eigenvalue weighted by atomic mass is 10.1. The van der Waals surface area contributed by atoms with Crippen molar-refractivity contribution in [3.8, 4) is 6.07 Å². The molecule has 4 nitrogen and oxygen atoms in total. The molecule has 2 aromatic rings. The zero-order valence-corrected chi connectivity index (χ0v) is 10.7. The second-order valence-corrected chi connectivity index (χ2v) is 4.57. The molecule has 1 atom stereocenters. The van der Waals surface area contributed by atoms with Gasteiger partial charge in [-0.1, -0.05) is 0 Å². The van der Waals surface area contributed by atoms with Crippen LogP contribution in [0.5, 0.6) is 0 Å². The Morgan fingerprint density at radius 1 is 1.37 bits per heavy atom. The molecule has 19 heavy (non-hydrogen) atoms. The molecule has 1 aromatic carbocycles. The van der Waals surface area contributed by atoms with Crippen LogP contribution in [0.1, 0.15) is 21.8 Å². The number of carboxylic acids is 1. The highest BCUT2D eigenvalue weighted by atomic mass is 32.1. The van der Waals surface area contributed by atoms with Crippen molar-refractivity contribution in [3.63, 3.8) is 0 Å². The van der Waals surface area contributed by atoms with Gasteiger partial charge in [-0.05, 0) is 46.7 Å². The van der Waals surface area contributed by atoms with Crippen molar-refractivity contribution in [2.24, 2.45) is 4.99 Å². The van der Waals surface area contributed by atoms with Crippen LogP contribution in [0.2, 0.25) is 0 Å². The van der Waals surface area contributed by atoms with E-state index in [1.807, 2.05) is 16.8 Å². The first-order valence-corrected chi connectivity index (χ1v) is 6.44. The van der Waals surface area contributed by atoms with E-state index in [-0.39, 0.29) is 11.5 Å². The summed E-state index contributed by atoms with van der Waals surface area (Å²) in [4.78, 5) is 14.9. The Hall–Kier alpha value is -2.45. The smallest absolute Gasteiger partial charge is 0.335 e. The second kappa shape index (κ2) is 5.94. The van der Waals surface area contributed by atoms with Crippen molar-refractivity contribution < 1.29 is 9.90 Å². The van der Waals surface area contributed by atoms with Crippen LogP contribution in [0.4, 0.5) is 5.69 Å². The highest BCUT2D eigenvalue weighted by Gasteiger charge is 2.07. The summed E-state index contributed by atoms with van der Waals surface area (Å²) in [6.45, 7) is 0. The van der Waals surface area contributed by atoms with Gasteiger partial charge < -0.3 is 5.11 Å². The molecule has 0 radical (unpaired) electrons. The van der Waals surface area contributed by atoms with Crippen molar-refractivity contribution >= 4 is 29.2 Å². The van der Waals surface area contributed by atoms with Gasteiger partial charge in [0, 0.05) is 6.21 Å². The molecule has 1 heterocycles. The maximum Gasteiger partial charge on any atom is 0.335 e. The Morgan fingerprint density at radius 2 is 2.11 bits per heavy atom. The van der Waals surface area contributed by atoms with E-state index < -0.39 is 5.97 Å². The molecule has 0 amide bonds. The van der Waals surface area contributed by atoms with Crippen LogP contribution in [-0.2, 0) is 0 Å². The van der Waals surface area contributed by atoms with Crippen LogP contribution in [-0.4, -0.2) is 17.3 Å². The number of hydrogen-bond donors (Lipinski definition) is 1. The van der Waals surface area contributed by atoms with Crippen LogP contribution in [0.25, 0.3) is 0 Å². The summed E-state index contributed by atoms with van der Waals surface area (Å²) in [6.07, 6.45) is 1.57. The Morgan fingerprint density at radius 3 is 2.63 bits per heavy atom. The number of rotatable bonds is 4. The highest BCUT2D eigenvalue weighted by molar-refractivity contribution is 7.08. The number of thiophene rings is 1. The predicted molar refractivity (Wildman–Crippen MR) is 74.2 cm³/mol. The molecule has 2 rings (SSSR count). The van der Waals surface area contributed by atoms with E-state index in [0.29, 0.717) is 5.69 Å². The largest absolute Gasteiger partial charge is 0.478 e. The Kier molecular flexibility index (Phi) is 4.06. The fourth-order valence-corrected chi connectivity index (χ4v) is 2.19. The third kappa shape index (κ3) is 3.27. The molecule has 0 bridgehead atoms. The number of nitriles is 1. The molecule has 94 valence electrons. The minimum Gasteiger partial charge on any atom is -0.478 e. The predicted octanol–water partition coefficient (Wildman–Crippen LogP) is 3.46. The van der Waals surface area contributed by atoms with Crippen molar-refractivity contribution in [1.82, 2.24) is 0 Å². The quantitative estimate of drug-likeness (QED) is 0.864. The van der Waals surface area contributed by atoms with E-state index in [1.54, 1.807) is 18.3 Å². The summed E-state index contributed by atoms with van der Waals surface area (Å²) in [7, 11) is 0. The fourth-order valence-electron chi connectivity index (χ4n) is 1.50. The van der Waals surface area contributed by atoms with Gasteiger partial charge in [-0.2, -0.15) is 16.6 Å². The summed E-state index contributed by atoms with van der Waals surface area (Å²) in [5, 5.41) is 21.7. The summed E-state index contributed by atoms with van der Waals surface area (Å²) in [5.74, 6) is -1.35. The van der Waals surface area contributed by atoms with Gasteiger partial charge >= 0.3 is 5.97 Å². The first-order valence-electron chi connectivity index (χ1n) is 5.50. The van der Waals surface area contributed by atoms with Crippen molar-refractivity contribution in [2.75, 3.05) is 0 Å². The van der Waals surface area contributed by atoms with Crippen LogP contribution in [0.15, 0.2) is 46.1 Å². The van der Waals surface area contributed by atoms with Gasteiger partial charge in [-0.3, -0.25) is 4.99 Å². The summed E-state index contributed by atoms with van der Waals surface area (Å²) < 4.78 is 0. The molecule has 0 fully saturated rings. The molecular formula is C14H10N2O2S. The van der Waals surface area contributed by atoms with Gasteiger partial charge in [0.25, 0.3) is 0 Å². The average molecular weight is 270 g/mol. The van der Waals surface area contributed by atoms with E-state index in [9.17, 15) is 4.79 Å². The number of nitrogens with zero attached hydrogens (tertiary/aromatic N) is 2. The Labute approximate surface area is 114 Å². The minimum absolute atomic E-state index is 0.216. The maximum absolute atomic E-state index is 10.7. The molecular weight excluding hydrogens is 260 g/mol. The standard InChI is InChI=1S/C14H10N2O2S/c15-7-12(11-5-6-19-9-11)8-16-13-3-1-10(2-4-13)14(17)18/h1-6,8-9,12H,(H,17,18). The number of carbonyl (C=O) groups is 1. The van der Waals surface area contributed by atoms with Crippen LogP contribution in [0.3, 0.4) is 0 Å². The summed E-state index contributed by atoms with van der Waals surface area (Å²) in [5.41, 5.74) is 1.76. The molecule has 1 unspecified atom stereocenters. The molecule has 0 aliphatic rings. The van der Waals surface area contributed by atoms with E-state index in [1.165, 1.54) is 23.5 Å². The third-order valence-electron chi connectivity index (χ3n) is 2.53. The summed E-state index contributed by atoms with van der Waals surface area (Å²) >= 11 is 1.53. The van der Waals surface area contributed by atoms with E-state index >= 15 is 0 Å². The Balaban J connectivity index is 2.14. The zero-order valence-electron chi connectivity index (χ0n) is 9.85. The van der Waals surface area contributed by atoms with Gasteiger partial charge in [0.05, 0.1) is 17.3 Å². The zero-order chi connectivity index (χ0) is 13.7. The monoisotopic (exact) mass is 270 g/mol. The first-order chi connectivity index (χ1) is 9.20. The van der Waals surface area contributed by atoms with Gasteiger partial charge in [-0.15, -0.1) is 0 Å². The van der Waals surface area contributed by atoms with E-state index in [4.69, 9.17) is 10.4 Å². The molecule has 1 N–H and O–H groups in total. The normalized spacial score (nSPS) is 12.2. The topological polar surface area (TPSA) is 73.5 Å². The maximum atomic E-state index is 10.7. The number of aliphatic imine (C=N–C) groups is 1. The van der Waals surface area contributed by atoms with Crippen molar-refractivity contribution in [1.29, 1.82) is 5.26 Å². The molecule has 0 spiro atoms. The van der Waals surface area contributed by atoms with Gasteiger partial charge in [0.15, 0.2) is 0 Å². The minimum atomic E-state index is -0.969. The highest BCUT2D eigenvalue weighted by Crippen LogP contribution is 2.19. The number of benzene rings is 1. The van der Waals surface area contributed by atoms with Gasteiger partial charge in [0.1, 0.15) is 5.92 Å². The van der Waals surface area contributed by atoms with Crippen molar-refractivity contribution in [2.45, 2.75) is 5.92 Å². The van der Waals surface area contributed by atoms with Crippen LogP contribution >= 0.6 is 11.3 Å². The lowest BCUT2D eigenvalue weighted by molar-refractivity contribution is 0.0697. The van der Waals surface area contributed by atoms with Crippen LogP contribution < -0.4 is 0 Å². The lowest BCUT2D eigenvalue weighted by Crippen LogP contribution is -1.95. The van der Waals surface area contributed by atoms with Gasteiger partial charge in [-0.25, -0.2) is 4.79 Å². The average Bonchev–Trinajstić information content (AvgIpc) is 2.94. The lowest BCUT2D eigenvalue weighted by Gasteiger charge is -1.99. The molecule has 0 aliphatic carbocycles. The third-order valence-corrected chi connectivity index (χ3v) is 3.23. The molecule has 5 heteroatoms. The van der Waals surface area contributed by atoms with Crippen LogP contribution in [0, 0.1) is 11.3 Å². The van der Waals surface area contributed by atoms with E-state index in [2.05, 4.69) is 11.1 Å². The number of hydrogen-bond acceptors (Lipinski definition) is 4. The van der Waals surface area contributed by atoms with Crippen molar-refractivity contribution in [3.05, 3.63) is 52.2 Å².